The van der Waals surface area contributed by atoms with Crippen molar-refractivity contribution in [1.82, 2.24) is 9.80 Å². The van der Waals surface area contributed by atoms with Crippen LogP contribution in [-0.2, 0) is 9.59 Å². The predicted octanol–water partition coefficient (Wildman–Crippen LogP) is 6.51. The van der Waals surface area contributed by atoms with Crippen LogP contribution in [0.25, 0.3) is 0 Å². The van der Waals surface area contributed by atoms with Crippen LogP contribution in [0.5, 0.6) is 0 Å². The van der Waals surface area contributed by atoms with Crippen molar-refractivity contribution in [1.29, 1.82) is 0 Å². The number of piperidine rings is 1. The van der Waals surface area contributed by atoms with Gasteiger partial charge in [0.15, 0.2) is 11.6 Å². The maximum Gasteiger partial charge on any atom is 0.155 e. The maximum atomic E-state index is 14.3. The van der Waals surface area contributed by atoms with Gasteiger partial charge in [0.05, 0.1) is 12.1 Å². The number of carbonyl (C=O) groups excluding carboxylic acids is 2. The Hall–Kier alpha value is -0.740. The van der Waals surface area contributed by atoms with Crippen LogP contribution in [0.1, 0.15) is 121 Å². The second-order valence-corrected chi connectivity index (χ2v) is 15.9. The van der Waals surface area contributed by atoms with Crippen LogP contribution in [0.15, 0.2) is 0 Å². The van der Waals surface area contributed by atoms with Crippen LogP contribution >= 0.6 is 0 Å². The first-order valence-electron chi connectivity index (χ1n) is 14.6. The lowest BCUT2D eigenvalue weighted by Gasteiger charge is -2.46. The summed E-state index contributed by atoms with van der Waals surface area (Å²) in [5, 5.41) is 0. The average molecular weight is 487 g/mol. The minimum atomic E-state index is -0.323. The van der Waals surface area contributed by atoms with Crippen LogP contribution in [0.4, 0.5) is 0 Å². The molecule has 0 spiro atoms. The van der Waals surface area contributed by atoms with E-state index in [1.165, 1.54) is 19.3 Å². The first-order chi connectivity index (χ1) is 15.9. The highest BCUT2D eigenvalue weighted by Gasteiger charge is 2.60. The Morgan fingerprint density at radius 3 is 1.77 bits per heavy atom. The Morgan fingerprint density at radius 1 is 0.714 bits per heavy atom. The molecule has 0 bridgehead atoms. The summed E-state index contributed by atoms with van der Waals surface area (Å²) in [6.07, 6.45) is 7.60. The van der Waals surface area contributed by atoms with E-state index in [1.54, 1.807) is 0 Å². The fraction of sp³-hybridized carbons (Fsp3) is 0.935. The second kappa shape index (κ2) is 8.65. The molecule has 4 heteroatoms. The summed E-state index contributed by atoms with van der Waals surface area (Å²) in [5.74, 6) is 2.69. The maximum absolute atomic E-state index is 14.3. The number of hydrogen-bond acceptors (Lipinski definition) is 4. The Labute approximate surface area is 216 Å². The highest BCUT2D eigenvalue weighted by molar-refractivity contribution is 5.90. The van der Waals surface area contributed by atoms with Crippen molar-refractivity contribution >= 4 is 11.6 Å². The number of likely N-dealkylation sites (tertiary alicyclic amines) is 2. The van der Waals surface area contributed by atoms with Gasteiger partial charge in [-0.2, -0.15) is 0 Å². The summed E-state index contributed by atoms with van der Waals surface area (Å²) in [4.78, 5) is 33.0. The number of hydrogen-bond donors (Lipinski definition) is 0. The van der Waals surface area contributed by atoms with Crippen molar-refractivity contribution < 1.29 is 9.59 Å². The van der Waals surface area contributed by atoms with E-state index in [1.807, 2.05) is 0 Å². The van der Waals surface area contributed by atoms with Crippen LogP contribution in [0.2, 0.25) is 0 Å². The van der Waals surface area contributed by atoms with Crippen molar-refractivity contribution in [2.45, 2.75) is 156 Å². The zero-order chi connectivity index (χ0) is 26.3. The van der Waals surface area contributed by atoms with E-state index in [0.717, 1.165) is 31.6 Å². The van der Waals surface area contributed by atoms with Gasteiger partial charge in [-0.3, -0.25) is 19.4 Å². The van der Waals surface area contributed by atoms with Crippen molar-refractivity contribution in [3.63, 3.8) is 0 Å². The molecule has 2 aliphatic carbocycles. The molecule has 8 atom stereocenters. The number of rotatable bonds is 6. The van der Waals surface area contributed by atoms with Crippen molar-refractivity contribution in [2.24, 2.45) is 28.6 Å². The smallest absolute Gasteiger partial charge is 0.155 e. The summed E-state index contributed by atoms with van der Waals surface area (Å²) < 4.78 is 0. The van der Waals surface area contributed by atoms with Crippen LogP contribution in [0, 0.1) is 28.6 Å². The number of fused-ring (bicyclic) bond motifs is 2. The third-order valence-corrected chi connectivity index (χ3v) is 10.1. The predicted molar refractivity (Wildman–Crippen MR) is 144 cm³/mol. The van der Waals surface area contributed by atoms with E-state index in [2.05, 4.69) is 86.0 Å². The molecular weight excluding hydrogens is 432 g/mol. The molecule has 35 heavy (non-hydrogen) atoms. The van der Waals surface area contributed by atoms with Gasteiger partial charge < -0.3 is 0 Å². The van der Waals surface area contributed by atoms with Gasteiger partial charge in [0.1, 0.15) is 0 Å². The van der Waals surface area contributed by atoms with E-state index in [9.17, 15) is 9.59 Å². The molecule has 2 heterocycles. The minimum Gasteiger partial charge on any atom is -0.297 e. The van der Waals surface area contributed by atoms with Gasteiger partial charge in [0.25, 0.3) is 0 Å². The molecule has 0 N–H and O–H groups in total. The quantitative estimate of drug-likeness (QED) is 0.429. The number of carbonyl (C=O) groups is 2. The molecule has 4 aliphatic rings. The minimum absolute atomic E-state index is 0.00899. The lowest BCUT2D eigenvalue weighted by Crippen LogP contribution is -2.56. The highest BCUT2D eigenvalue weighted by Crippen LogP contribution is 2.55. The molecule has 2 saturated heterocycles. The molecule has 0 aromatic heterocycles. The van der Waals surface area contributed by atoms with Gasteiger partial charge in [-0.05, 0) is 104 Å². The molecule has 0 amide bonds. The third-order valence-electron chi connectivity index (χ3n) is 10.1. The number of nitrogens with zero attached hydrogens (tertiary/aromatic N) is 2. The van der Waals surface area contributed by atoms with Crippen LogP contribution in [0.3, 0.4) is 0 Å². The number of ketones is 2. The molecule has 2 aliphatic heterocycles. The zero-order valence-electron chi connectivity index (χ0n) is 24.7. The Bertz CT molecular complexity index is 844. The van der Waals surface area contributed by atoms with Crippen molar-refractivity contribution in [3.8, 4) is 0 Å². The van der Waals surface area contributed by atoms with E-state index < -0.39 is 0 Å². The molecule has 2 saturated carbocycles. The number of Topliss-reactive ketones (excluding diaryl/α,β-unsaturated/α-hetero) is 2. The van der Waals surface area contributed by atoms with Gasteiger partial charge >= 0.3 is 0 Å². The first-order valence-corrected chi connectivity index (χ1v) is 14.6. The summed E-state index contributed by atoms with van der Waals surface area (Å²) >= 11 is 0. The van der Waals surface area contributed by atoms with Gasteiger partial charge in [-0.25, -0.2) is 0 Å². The fourth-order valence-electron chi connectivity index (χ4n) is 8.40. The van der Waals surface area contributed by atoms with Gasteiger partial charge in [0.2, 0.25) is 0 Å². The molecule has 200 valence electrons. The molecule has 0 radical (unpaired) electrons. The largest absolute Gasteiger partial charge is 0.297 e. The molecule has 4 nitrogen and oxygen atoms in total. The zero-order valence-corrected chi connectivity index (χ0v) is 24.7. The van der Waals surface area contributed by atoms with Gasteiger partial charge in [-0.1, -0.05) is 34.6 Å². The molecule has 0 aromatic rings. The summed E-state index contributed by atoms with van der Waals surface area (Å²) in [7, 11) is 0. The van der Waals surface area contributed by atoms with Crippen molar-refractivity contribution in [3.05, 3.63) is 0 Å². The van der Waals surface area contributed by atoms with Gasteiger partial charge in [0, 0.05) is 34.0 Å². The molecule has 4 fully saturated rings. The van der Waals surface area contributed by atoms with Crippen LogP contribution in [-0.4, -0.2) is 56.6 Å². The average Bonchev–Trinajstić information content (AvgIpc) is 3.06. The van der Waals surface area contributed by atoms with Crippen molar-refractivity contribution in [2.75, 3.05) is 0 Å². The molecule has 0 aromatic carbocycles. The Morgan fingerprint density at radius 2 is 1.26 bits per heavy atom. The molecule has 2 unspecified atom stereocenters. The monoisotopic (exact) mass is 486 g/mol. The van der Waals surface area contributed by atoms with E-state index in [4.69, 9.17) is 0 Å². The summed E-state index contributed by atoms with van der Waals surface area (Å²) in [6, 6.07) is 1.13. The molecular formula is C31H54N2O2. The lowest BCUT2D eigenvalue weighted by molar-refractivity contribution is -0.138. The summed E-state index contributed by atoms with van der Waals surface area (Å²) in [5.41, 5.74) is -0.634. The molecule has 4 rings (SSSR count). The second-order valence-electron chi connectivity index (χ2n) is 15.9. The topological polar surface area (TPSA) is 40.6 Å². The highest BCUT2D eigenvalue weighted by atomic mass is 16.1. The third kappa shape index (κ3) is 4.80. The Kier molecular flexibility index (Phi) is 6.75. The lowest BCUT2D eigenvalue weighted by atomic mass is 9.71. The van der Waals surface area contributed by atoms with Gasteiger partial charge in [-0.15, -0.1) is 0 Å². The standard InChI is InChI=1S/C31H54N2O2/c1-12-31(11,27(35)24-17-21-16-22(21)32(24)29(5,6)7)18-20-14-13-19-15-23(26(34)28(2,3)4)33(25(19)20)30(8,9)10/h19-25H,12-18H2,1-11H3/t19-,20?,21-,22-,23-,24-,25+,31?/m0/s1. The van der Waals surface area contributed by atoms with Crippen LogP contribution < -0.4 is 0 Å². The summed E-state index contributed by atoms with van der Waals surface area (Å²) in [6.45, 7) is 24.4. The normalized spacial score (nSPS) is 37.7. The van der Waals surface area contributed by atoms with E-state index >= 15 is 0 Å². The first kappa shape index (κ1) is 27.3. The Balaban J connectivity index is 1.58. The SMILES string of the molecule is CCC(C)(CC1CC[C@H]2C[C@@H](C(=O)C(C)(C)C)N(C(C)(C)C)[C@@H]12)C(=O)[C@@H]1C[C@@H]2C[C@@H]2N1C(C)(C)C. The van der Waals surface area contributed by atoms with E-state index in [0.29, 0.717) is 35.5 Å². The van der Waals surface area contributed by atoms with E-state index in [-0.39, 0.29) is 34.0 Å². The fourth-order valence-corrected chi connectivity index (χ4v) is 8.40.